The van der Waals surface area contributed by atoms with E-state index in [-0.39, 0.29) is 17.8 Å². The number of hydrogen-bond donors (Lipinski definition) is 2. The van der Waals surface area contributed by atoms with Gasteiger partial charge >= 0.3 is 5.97 Å². The maximum atomic E-state index is 11.6. The van der Waals surface area contributed by atoms with E-state index in [1.54, 1.807) is 12.1 Å². The molecule has 0 heterocycles. The van der Waals surface area contributed by atoms with Gasteiger partial charge in [-0.15, -0.1) is 0 Å². The summed E-state index contributed by atoms with van der Waals surface area (Å²) in [6.07, 6.45) is 2.75. The molecule has 0 aliphatic rings. The Hall–Kier alpha value is -1.55. The van der Waals surface area contributed by atoms with Crippen molar-refractivity contribution in [1.82, 2.24) is 5.32 Å². The Balaban J connectivity index is 2.56. The highest BCUT2D eigenvalue weighted by atomic mass is 16.5. The molecule has 1 aromatic carbocycles. The lowest BCUT2D eigenvalue weighted by atomic mass is 10.1. The molecule has 0 aromatic heterocycles. The smallest absolute Gasteiger partial charge is 0.322 e. The SMILES string of the molecule is CCCCC(NCc1ccccc1O)C(=O)OC. The summed E-state index contributed by atoms with van der Waals surface area (Å²) in [5.41, 5.74) is 0.780. The summed E-state index contributed by atoms with van der Waals surface area (Å²) in [4.78, 5) is 11.6. The molecular formula is C14H21NO3. The van der Waals surface area contributed by atoms with Gasteiger partial charge in [0.15, 0.2) is 0 Å². The number of benzene rings is 1. The van der Waals surface area contributed by atoms with E-state index in [0.717, 1.165) is 24.8 Å². The highest BCUT2D eigenvalue weighted by Gasteiger charge is 2.17. The number of rotatable bonds is 7. The Labute approximate surface area is 108 Å². The second-order valence-corrected chi connectivity index (χ2v) is 4.23. The van der Waals surface area contributed by atoms with Crippen LogP contribution in [0.5, 0.6) is 5.75 Å². The number of esters is 1. The van der Waals surface area contributed by atoms with Gasteiger partial charge in [-0.2, -0.15) is 0 Å². The van der Waals surface area contributed by atoms with E-state index in [1.165, 1.54) is 7.11 Å². The van der Waals surface area contributed by atoms with Gasteiger partial charge in [-0.25, -0.2) is 0 Å². The number of nitrogens with one attached hydrogen (secondary N) is 1. The zero-order valence-corrected chi connectivity index (χ0v) is 11.0. The summed E-state index contributed by atoms with van der Waals surface area (Å²) in [7, 11) is 1.39. The third-order valence-electron chi connectivity index (χ3n) is 2.86. The molecule has 2 N–H and O–H groups in total. The number of methoxy groups -OCH3 is 1. The van der Waals surface area contributed by atoms with E-state index < -0.39 is 0 Å². The van der Waals surface area contributed by atoms with Crippen molar-refractivity contribution in [2.45, 2.75) is 38.8 Å². The van der Waals surface area contributed by atoms with Gasteiger partial charge in [-0.05, 0) is 12.5 Å². The lowest BCUT2D eigenvalue weighted by molar-refractivity contribution is -0.143. The van der Waals surface area contributed by atoms with Crippen LogP contribution in [0.3, 0.4) is 0 Å². The molecule has 4 nitrogen and oxygen atoms in total. The van der Waals surface area contributed by atoms with E-state index in [4.69, 9.17) is 4.74 Å². The van der Waals surface area contributed by atoms with Gasteiger partial charge in [-0.3, -0.25) is 4.79 Å². The van der Waals surface area contributed by atoms with Crippen LogP contribution in [0, 0.1) is 0 Å². The quantitative estimate of drug-likeness (QED) is 0.729. The van der Waals surface area contributed by atoms with Crippen molar-refractivity contribution >= 4 is 5.97 Å². The number of aromatic hydroxyl groups is 1. The molecule has 1 unspecified atom stereocenters. The Bertz CT molecular complexity index is 379. The van der Waals surface area contributed by atoms with Crippen molar-refractivity contribution in [3.05, 3.63) is 29.8 Å². The molecule has 4 heteroatoms. The Morgan fingerprint density at radius 2 is 2.17 bits per heavy atom. The van der Waals surface area contributed by atoms with Crippen LogP contribution < -0.4 is 5.32 Å². The molecular weight excluding hydrogens is 230 g/mol. The van der Waals surface area contributed by atoms with Crippen molar-refractivity contribution in [1.29, 1.82) is 0 Å². The highest BCUT2D eigenvalue weighted by molar-refractivity contribution is 5.75. The molecule has 0 amide bonds. The first-order valence-electron chi connectivity index (χ1n) is 6.27. The number of phenolic OH excluding ortho intramolecular Hbond substituents is 1. The highest BCUT2D eigenvalue weighted by Crippen LogP contribution is 2.15. The number of ether oxygens (including phenoxy) is 1. The lowest BCUT2D eigenvalue weighted by Gasteiger charge is -2.16. The number of unbranched alkanes of at least 4 members (excludes halogenated alkanes) is 1. The number of phenols is 1. The third kappa shape index (κ3) is 4.37. The molecule has 100 valence electrons. The number of para-hydroxylation sites is 1. The first-order valence-corrected chi connectivity index (χ1v) is 6.27. The largest absolute Gasteiger partial charge is 0.508 e. The summed E-state index contributed by atoms with van der Waals surface area (Å²) in [6, 6.07) is 6.78. The average molecular weight is 251 g/mol. The van der Waals surface area contributed by atoms with Crippen LogP contribution in [0.2, 0.25) is 0 Å². The zero-order chi connectivity index (χ0) is 13.4. The Kier molecular flexibility index (Phi) is 6.22. The fraction of sp³-hybridized carbons (Fsp3) is 0.500. The van der Waals surface area contributed by atoms with Gasteiger partial charge in [0.25, 0.3) is 0 Å². The fourth-order valence-corrected chi connectivity index (χ4v) is 1.75. The Morgan fingerprint density at radius 3 is 2.78 bits per heavy atom. The van der Waals surface area contributed by atoms with Crippen molar-refractivity contribution in [2.24, 2.45) is 0 Å². The standard InChI is InChI=1S/C14H21NO3/c1-3-4-8-12(14(17)18-2)15-10-11-7-5-6-9-13(11)16/h5-7,9,12,15-16H,3-4,8,10H2,1-2H3. The fourth-order valence-electron chi connectivity index (χ4n) is 1.75. The van der Waals surface area contributed by atoms with E-state index in [9.17, 15) is 9.90 Å². The van der Waals surface area contributed by atoms with E-state index >= 15 is 0 Å². The van der Waals surface area contributed by atoms with Crippen molar-refractivity contribution in [2.75, 3.05) is 7.11 Å². The second-order valence-electron chi connectivity index (χ2n) is 4.23. The van der Waals surface area contributed by atoms with E-state index in [2.05, 4.69) is 12.2 Å². The minimum absolute atomic E-state index is 0.240. The van der Waals surface area contributed by atoms with Crippen molar-refractivity contribution < 1.29 is 14.6 Å². The Morgan fingerprint density at radius 1 is 1.44 bits per heavy atom. The molecule has 0 bridgehead atoms. The van der Waals surface area contributed by atoms with Gasteiger partial charge in [0.1, 0.15) is 11.8 Å². The summed E-state index contributed by atoms with van der Waals surface area (Å²) < 4.78 is 4.76. The van der Waals surface area contributed by atoms with Crippen LogP contribution in [0.4, 0.5) is 0 Å². The molecule has 1 rings (SSSR count). The second kappa shape index (κ2) is 7.71. The molecule has 1 aromatic rings. The van der Waals surface area contributed by atoms with Crippen LogP contribution in [0.25, 0.3) is 0 Å². The molecule has 0 aliphatic heterocycles. The van der Waals surface area contributed by atoms with Gasteiger partial charge in [-0.1, -0.05) is 38.0 Å². The zero-order valence-electron chi connectivity index (χ0n) is 11.0. The van der Waals surface area contributed by atoms with Crippen molar-refractivity contribution in [3.8, 4) is 5.75 Å². The van der Waals surface area contributed by atoms with Crippen LogP contribution in [0.15, 0.2) is 24.3 Å². The van der Waals surface area contributed by atoms with E-state index in [0.29, 0.717) is 6.54 Å². The van der Waals surface area contributed by atoms with Crippen molar-refractivity contribution in [3.63, 3.8) is 0 Å². The predicted octanol–water partition coefficient (Wildman–Crippen LogP) is 2.21. The van der Waals surface area contributed by atoms with Gasteiger partial charge < -0.3 is 15.2 Å². The van der Waals surface area contributed by atoms with Gasteiger partial charge in [0, 0.05) is 12.1 Å². The van der Waals surface area contributed by atoms with Gasteiger partial charge in [0.2, 0.25) is 0 Å². The maximum absolute atomic E-state index is 11.6. The van der Waals surface area contributed by atoms with Crippen LogP contribution in [-0.4, -0.2) is 24.2 Å². The maximum Gasteiger partial charge on any atom is 0.322 e. The molecule has 18 heavy (non-hydrogen) atoms. The average Bonchev–Trinajstić information content (AvgIpc) is 2.40. The summed E-state index contributed by atoms with van der Waals surface area (Å²) in [6.45, 7) is 2.54. The van der Waals surface area contributed by atoms with Gasteiger partial charge in [0.05, 0.1) is 7.11 Å². The summed E-state index contributed by atoms with van der Waals surface area (Å²) >= 11 is 0. The molecule has 0 aliphatic carbocycles. The first kappa shape index (κ1) is 14.5. The minimum Gasteiger partial charge on any atom is -0.508 e. The number of carbonyl (C=O) groups excluding carboxylic acids is 1. The van der Waals surface area contributed by atoms with E-state index in [1.807, 2.05) is 12.1 Å². The topological polar surface area (TPSA) is 58.6 Å². The lowest BCUT2D eigenvalue weighted by Crippen LogP contribution is -2.37. The monoisotopic (exact) mass is 251 g/mol. The molecule has 0 fully saturated rings. The molecule has 0 saturated heterocycles. The number of hydrogen-bond acceptors (Lipinski definition) is 4. The van der Waals surface area contributed by atoms with Crippen LogP contribution in [0.1, 0.15) is 31.7 Å². The summed E-state index contributed by atoms with van der Waals surface area (Å²) in [5, 5.41) is 12.8. The predicted molar refractivity (Wildman–Crippen MR) is 70.3 cm³/mol. The summed E-state index contributed by atoms with van der Waals surface area (Å²) in [5.74, 6) is -0.0111. The third-order valence-corrected chi connectivity index (χ3v) is 2.86. The number of carbonyl (C=O) groups is 1. The molecule has 1 atom stereocenters. The first-order chi connectivity index (χ1) is 8.69. The van der Waals surface area contributed by atoms with Crippen LogP contribution >= 0.6 is 0 Å². The minimum atomic E-state index is -0.311. The molecule has 0 saturated carbocycles. The van der Waals surface area contributed by atoms with Crippen LogP contribution in [-0.2, 0) is 16.1 Å². The molecule has 0 radical (unpaired) electrons. The molecule has 0 spiro atoms. The normalized spacial score (nSPS) is 12.1.